The zero-order chi connectivity index (χ0) is 22.9. The van der Waals surface area contributed by atoms with Gasteiger partial charge in [0, 0.05) is 37.5 Å². The maximum Gasteiger partial charge on any atom is 1.00 e. The summed E-state index contributed by atoms with van der Waals surface area (Å²) in [7, 11) is -1.09. The number of rotatable bonds is 5. The Morgan fingerprint density at radius 3 is 2.59 bits per heavy atom. The number of benzene rings is 2. The summed E-state index contributed by atoms with van der Waals surface area (Å²) in [6.45, 7) is 1.68. The minimum absolute atomic E-state index is 0. The molecule has 0 fully saturated rings. The number of fused-ring (bicyclic) bond motifs is 1. The molecule has 0 aliphatic rings. The van der Waals surface area contributed by atoms with Crippen molar-refractivity contribution >= 4 is 33.0 Å². The van der Waals surface area contributed by atoms with E-state index in [0.29, 0.717) is 10.9 Å². The number of amides is 1. The van der Waals surface area contributed by atoms with E-state index in [4.69, 9.17) is 14.3 Å². The number of nitrogens with one attached hydrogen (secondary N) is 1. The SMILES string of the molecule is Cc1c(Cc2cccc(NS(N)(=O)=O)c2F)c(=O)oc2cc(OC(=O)N(C)C)ccc12.[H-].[Na+]. The van der Waals surface area contributed by atoms with Crippen LogP contribution in [0.15, 0.2) is 45.6 Å². The smallest absolute Gasteiger partial charge is 1.00 e. The van der Waals surface area contributed by atoms with Crippen LogP contribution < -0.4 is 49.8 Å². The van der Waals surface area contributed by atoms with Gasteiger partial charge in [0.25, 0.3) is 10.2 Å². The average molecular weight is 473 g/mol. The Labute approximate surface area is 207 Å². The van der Waals surface area contributed by atoms with Crippen LogP contribution in [-0.4, -0.2) is 33.5 Å². The molecule has 3 N–H and O–H groups in total. The van der Waals surface area contributed by atoms with Gasteiger partial charge in [0.05, 0.1) is 5.69 Å². The van der Waals surface area contributed by atoms with Gasteiger partial charge in [-0.3, -0.25) is 4.72 Å². The van der Waals surface area contributed by atoms with E-state index in [1.54, 1.807) is 19.1 Å². The summed E-state index contributed by atoms with van der Waals surface area (Å²) < 4.78 is 49.6. The van der Waals surface area contributed by atoms with Crippen LogP contribution in [0.1, 0.15) is 18.1 Å². The topological polar surface area (TPSA) is 132 Å². The molecule has 32 heavy (non-hydrogen) atoms. The first-order valence-electron chi connectivity index (χ1n) is 8.99. The number of nitrogens with two attached hydrogens (primary N) is 1. The molecule has 0 saturated carbocycles. The molecule has 0 aliphatic carbocycles. The zero-order valence-electron chi connectivity index (χ0n) is 18.9. The molecule has 166 valence electrons. The van der Waals surface area contributed by atoms with Crippen LogP contribution in [0.5, 0.6) is 5.75 Å². The maximum atomic E-state index is 14.7. The van der Waals surface area contributed by atoms with Gasteiger partial charge < -0.3 is 15.5 Å². The Hall–Kier alpha value is -2.44. The standard InChI is InChI=1S/C20H20FN3O6S.Na.H/c1-11-14-8-7-13(29-20(26)24(2)3)10-17(14)30-19(25)15(11)9-12-5-4-6-16(18(12)21)23-31(22,27)28;;/h4-8,10,23H,9H2,1-3H3,(H2,22,27,28);;/q;+1;-1. The molecule has 0 radical (unpaired) electrons. The van der Waals surface area contributed by atoms with Gasteiger partial charge in [0.15, 0.2) is 5.82 Å². The summed E-state index contributed by atoms with van der Waals surface area (Å²) in [6, 6.07) is 8.69. The number of hydrogen-bond donors (Lipinski definition) is 2. The fourth-order valence-electron chi connectivity index (χ4n) is 2.97. The second-order valence-electron chi connectivity index (χ2n) is 7.02. The summed E-state index contributed by atoms with van der Waals surface area (Å²) in [6.07, 6.45) is -0.716. The van der Waals surface area contributed by atoms with E-state index < -0.39 is 27.7 Å². The molecular weight excluding hydrogens is 452 g/mol. The predicted octanol–water partition coefficient (Wildman–Crippen LogP) is -0.376. The summed E-state index contributed by atoms with van der Waals surface area (Å²) in [4.78, 5) is 25.6. The number of nitrogens with zero attached hydrogens (tertiary/aromatic N) is 1. The van der Waals surface area contributed by atoms with Crippen LogP contribution in [0.3, 0.4) is 0 Å². The van der Waals surface area contributed by atoms with E-state index in [2.05, 4.69) is 0 Å². The van der Waals surface area contributed by atoms with Crippen molar-refractivity contribution in [2.45, 2.75) is 13.3 Å². The Morgan fingerprint density at radius 2 is 1.97 bits per heavy atom. The molecule has 0 saturated heterocycles. The van der Waals surface area contributed by atoms with E-state index >= 15 is 0 Å². The zero-order valence-corrected chi connectivity index (χ0v) is 20.7. The Bertz CT molecular complexity index is 1350. The van der Waals surface area contributed by atoms with Gasteiger partial charge in [-0.05, 0) is 36.2 Å². The minimum atomic E-state index is -4.16. The Balaban J connectivity index is 0.00000272. The molecule has 1 amide bonds. The first kappa shape index (κ1) is 25.8. The molecule has 0 bridgehead atoms. The van der Waals surface area contributed by atoms with Gasteiger partial charge in [0.2, 0.25) is 0 Å². The van der Waals surface area contributed by atoms with Crippen LogP contribution >= 0.6 is 0 Å². The minimum Gasteiger partial charge on any atom is -1.00 e. The van der Waals surface area contributed by atoms with Gasteiger partial charge in [0.1, 0.15) is 11.3 Å². The fourth-order valence-corrected chi connectivity index (χ4v) is 3.44. The Kier molecular flexibility index (Phi) is 8.07. The van der Waals surface area contributed by atoms with E-state index in [1.165, 1.54) is 43.3 Å². The normalized spacial score (nSPS) is 11.0. The van der Waals surface area contributed by atoms with Crippen molar-refractivity contribution in [3.63, 3.8) is 0 Å². The Morgan fingerprint density at radius 1 is 1.28 bits per heavy atom. The van der Waals surface area contributed by atoms with Crippen molar-refractivity contribution in [3.8, 4) is 5.75 Å². The van der Waals surface area contributed by atoms with Crippen molar-refractivity contribution in [3.05, 3.63) is 69.3 Å². The van der Waals surface area contributed by atoms with Crippen LogP contribution in [0.4, 0.5) is 14.9 Å². The van der Waals surface area contributed by atoms with Crippen molar-refractivity contribution in [2.24, 2.45) is 5.14 Å². The largest absolute Gasteiger partial charge is 1.00 e. The second-order valence-corrected chi connectivity index (χ2v) is 8.31. The van der Waals surface area contributed by atoms with Crippen LogP contribution in [-0.2, 0) is 16.6 Å². The molecule has 12 heteroatoms. The molecule has 3 rings (SSSR count). The molecule has 0 atom stereocenters. The van der Waals surface area contributed by atoms with Gasteiger partial charge in [-0.15, -0.1) is 0 Å². The van der Waals surface area contributed by atoms with Crippen LogP contribution in [0.2, 0.25) is 0 Å². The van der Waals surface area contributed by atoms with E-state index in [-0.39, 0.29) is 65.6 Å². The summed E-state index contributed by atoms with van der Waals surface area (Å²) >= 11 is 0. The number of carbonyl (C=O) groups is 1. The number of carbonyl (C=O) groups excluding carboxylic acids is 1. The van der Waals surface area contributed by atoms with Crippen molar-refractivity contribution in [1.82, 2.24) is 4.90 Å². The maximum absolute atomic E-state index is 14.7. The number of hydrogen-bond acceptors (Lipinski definition) is 6. The molecule has 0 aliphatic heterocycles. The molecule has 1 aromatic heterocycles. The van der Waals surface area contributed by atoms with Gasteiger partial charge in [-0.25, -0.2) is 19.1 Å². The molecule has 9 nitrogen and oxygen atoms in total. The number of anilines is 1. The van der Waals surface area contributed by atoms with Crippen molar-refractivity contribution < 1.29 is 57.7 Å². The van der Waals surface area contributed by atoms with E-state index in [9.17, 15) is 22.4 Å². The van der Waals surface area contributed by atoms with Crippen LogP contribution in [0, 0.1) is 12.7 Å². The number of aryl methyl sites for hydroxylation is 1. The van der Waals surface area contributed by atoms with Crippen molar-refractivity contribution in [1.29, 1.82) is 0 Å². The first-order chi connectivity index (χ1) is 14.5. The third-order valence-corrected chi connectivity index (χ3v) is 5.03. The second kappa shape index (κ2) is 10.0. The fraction of sp³-hybridized carbons (Fsp3) is 0.200. The number of halogens is 1. The monoisotopic (exact) mass is 473 g/mol. The molecule has 0 spiro atoms. The number of ether oxygens (including phenoxy) is 1. The third-order valence-electron chi connectivity index (χ3n) is 4.53. The first-order valence-corrected chi connectivity index (χ1v) is 10.5. The predicted molar refractivity (Wildman–Crippen MR) is 114 cm³/mol. The van der Waals surface area contributed by atoms with Gasteiger partial charge >= 0.3 is 41.3 Å². The van der Waals surface area contributed by atoms with Crippen molar-refractivity contribution in [2.75, 3.05) is 18.8 Å². The molecule has 2 aromatic carbocycles. The third kappa shape index (κ3) is 5.87. The molecular formula is C20H21FN3NaO6S. The van der Waals surface area contributed by atoms with Gasteiger partial charge in [-0.2, -0.15) is 8.42 Å². The van der Waals surface area contributed by atoms with Crippen LogP contribution in [0.25, 0.3) is 11.0 Å². The van der Waals surface area contributed by atoms with Gasteiger partial charge in [-0.1, -0.05) is 12.1 Å². The summed E-state index contributed by atoms with van der Waals surface area (Å²) in [5.41, 5.74) is 0.0407. The average Bonchev–Trinajstić information content (AvgIpc) is 2.66. The molecule has 1 heterocycles. The quantitative estimate of drug-likeness (QED) is 0.384. The van der Waals surface area contributed by atoms with E-state index in [1.807, 2.05) is 4.72 Å². The summed E-state index contributed by atoms with van der Waals surface area (Å²) in [5.74, 6) is -0.643. The van der Waals surface area contributed by atoms with E-state index in [0.717, 1.165) is 0 Å². The summed E-state index contributed by atoms with van der Waals surface area (Å²) in [5, 5.41) is 5.49. The molecule has 3 aromatic rings. The molecule has 0 unspecified atom stereocenters.